The van der Waals surface area contributed by atoms with Gasteiger partial charge in [-0.05, 0) is 26.0 Å². The zero-order valence-corrected chi connectivity index (χ0v) is 10.3. The maximum atomic E-state index is 11.9. The number of hydrogen-bond acceptors (Lipinski definition) is 5. The first-order valence-electron chi connectivity index (χ1n) is 5.49. The third-order valence-electron chi connectivity index (χ3n) is 2.25. The summed E-state index contributed by atoms with van der Waals surface area (Å²) in [5.41, 5.74) is 11.1. The lowest BCUT2D eigenvalue weighted by Crippen LogP contribution is -2.30. The van der Waals surface area contributed by atoms with Crippen LogP contribution in [0.25, 0.3) is 0 Å². The quantitative estimate of drug-likeness (QED) is 0.592. The van der Waals surface area contributed by atoms with Crippen molar-refractivity contribution in [2.75, 3.05) is 12.3 Å². The van der Waals surface area contributed by atoms with Crippen LogP contribution in [0.5, 0.6) is 5.75 Å². The van der Waals surface area contributed by atoms with Crippen LogP contribution < -0.4 is 16.2 Å². The number of esters is 1. The van der Waals surface area contributed by atoms with Gasteiger partial charge >= 0.3 is 5.97 Å². The fraction of sp³-hybridized carbons (Fsp3) is 0.333. The maximum Gasteiger partial charge on any atom is 0.344 e. The lowest BCUT2D eigenvalue weighted by Gasteiger charge is -2.14. The van der Waals surface area contributed by atoms with E-state index in [0.717, 1.165) is 0 Å². The molecule has 1 amide bonds. The summed E-state index contributed by atoms with van der Waals surface area (Å²) in [5, 5.41) is 0. The van der Waals surface area contributed by atoms with Crippen molar-refractivity contribution < 1.29 is 19.1 Å². The van der Waals surface area contributed by atoms with E-state index in [4.69, 9.17) is 20.9 Å². The van der Waals surface area contributed by atoms with Gasteiger partial charge in [0.1, 0.15) is 11.3 Å². The minimum Gasteiger partial charge on any atom is -0.493 e. The monoisotopic (exact) mass is 252 g/mol. The number of anilines is 1. The second-order valence-corrected chi connectivity index (χ2v) is 3.60. The molecule has 0 saturated heterocycles. The average molecular weight is 252 g/mol. The van der Waals surface area contributed by atoms with E-state index in [0.29, 0.717) is 12.4 Å². The van der Waals surface area contributed by atoms with Crippen molar-refractivity contribution in [2.45, 2.75) is 20.0 Å². The summed E-state index contributed by atoms with van der Waals surface area (Å²) in [4.78, 5) is 22.7. The number of carbonyl (C=O) groups excluding carboxylic acids is 2. The van der Waals surface area contributed by atoms with E-state index in [-0.39, 0.29) is 11.3 Å². The van der Waals surface area contributed by atoms with Gasteiger partial charge in [-0.2, -0.15) is 0 Å². The fourth-order valence-corrected chi connectivity index (χ4v) is 1.32. The molecule has 0 aliphatic carbocycles. The Morgan fingerprint density at radius 1 is 1.39 bits per heavy atom. The van der Waals surface area contributed by atoms with Crippen LogP contribution in [0.15, 0.2) is 18.2 Å². The Kier molecular flexibility index (Phi) is 4.53. The van der Waals surface area contributed by atoms with Gasteiger partial charge in [-0.3, -0.25) is 4.79 Å². The predicted molar refractivity (Wildman–Crippen MR) is 66.1 cm³/mol. The molecule has 0 radical (unpaired) electrons. The summed E-state index contributed by atoms with van der Waals surface area (Å²) < 4.78 is 10.2. The molecule has 1 unspecified atom stereocenters. The van der Waals surface area contributed by atoms with Gasteiger partial charge in [0.25, 0.3) is 5.91 Å². The highest BCUT2D eigenvalue weighted by atomic mass is 16.5. The van der Waals surface area contributed by atoms with Crippen LogP contribution in [0.3, 0.4) is 0 Å². The van der Waals surface area contributed by atoms with Crippen molar-refractivity contribution in [3.8, 4) is 5.75 Å². The van der Waals surface area contributed by atoms with Gasteiger partial charge < -0.3 is 20.9 Å². The van der Waals surface area contributed by atoms with E-state index in [1.807, 2.05) is 0 Å². The minimum absolute atomic E-state index is 0.104. The number of nitrogens with two attached hydrogens (primary N) is 2. The molecule has 4 N–H and O–H groups in total. The third-order valence-corrected chi connectivity index (χ3v) is 2.25. The molecule has 0 saturated carbocycles. The lowest BCUT2D eigenvalue weighted by molar-refractivity contribution is -0.125. The fourth-order valence-electron chi connectivity index (χ4n) is 1.32. The van der Waals surface area contributed by atoms with Gasteiger partial charge in [-0.25, -0.2) is 4.79 Å². The van der Waals surface area contributed by atoms with E-state index in [1.54, 1.807) is 25.1 Å². The van der Waals surface area contributed by atoms with Gasteiger partial charge in [-0.15, -0.1) is 0 Å². The van der Waals surface area contributed by atoms with Crippen LogP contribution >= 0.6 is 0 Å². The number of carbonyl (C=O) groups is 2. The molecule has 98 valence electrons. The van der Waals surface area contributed by atoms with Gasteiger partial charge in [0, 0.05) is 5.69 Å². The first-order chi connectivity index (χ1) is 8.47. The normalized spacial score (nSPS) is 11.7. The van der Waals surface area contributed by atoms with Crippen LogP contribution in [0.4, 0.5) is 5.69 Å². The second kappa shape index (κ2) is 5.90. The molecule has 1 atom stereocenters. The summed E-state index contributed by atoms with van der Waals surface area (Å²) in [6.45, 7) is 3.55. The van der Waals surface area contributed by atoms with Gasteiger partial charge in [0.2, 0.25) is 0 Å². The smallest absolute Gasteiger partial charge is 0.344 e. The molecule has 0 heterocycles. The Balaban J connectivity index is 3.00. The minimum atomic E-state index is -1.02. The Morgan fingerprint density at radius 2 is 2.06 bits per heavy atom. The zero-order valence-electron chi connectivity index (χ0n) is 10.3. The molecule has 1 aromatic carbocycles. The highest BCUT2D eigenvalue weighted by Gasteiger charge is 2.21. The summed E-state index contributed by atoms with van der Waals surface area (Å²) >= 11 is 0. The maximum absolute atomic E-state index is 11.9. The molecular weight excluding hydrogens is 236 g/mol. The summed E-state index contributed by atoms with van der Waals surface area (Å²) in [6, 6.07) is 4.81. The summed E-state index contributed by atoms with van der Waals surface area (Å²) in [5.74, 6) is -1.14. The van der Waals surface area contributed by atoms with Gasteiger partial charge in [0.05, 0.1) is 6.61 Å². The molecule has 18 heavy (non-hydrogen) atoms. The number of nitrogen functional groups attached to an aromatic ring is 1. The topological polar surface area (TPSA) is 105 Å². The molecule has 0 fully saturated rings. The number of benzene rings is 1. The van der Waals surface area contributed by atoms with Crippen molar-refractivity contribution in [3.63, 3.8) is 0 Å². The molecular formula is C12H16N2O4. The molecule has 0 aromatic heterocycles. The summed E-state index contributed by atoms with van der Waals surface area (Å²) in [7, 11) is 0. The standard InChI is InChI=1S/C12H16N2O4/c1-3-17-9-6-4-5-8(13)10(9)12(16)18-7(2)11(14)15/h4-7H,3,13H2,1-2H3,(H2,14,15). The Hall–Kier alpha value is -2.24. The Morgan fingerprint density at radius 3 is 2.61 bits per heavy atom. The SMILES string of the molecule is CCOc1cccc(N)c1C(=O)OC(C)C(N)=O. The van der Waals surface area contributed by atoms with E-state index in [2.05, 4.69) is 0 Å². The predicted octanol–water partition coefficient (Wildman–Crippen LogP) is 0.698. The van der Waals surface area contributed by atoms with Gasteiger partial charge in [0.15, 0.2) is 6.10 Å². The van der Waals surface area contributed by atoms with Crippen LogP contribution in [0.2, 0.25) is 0 Å². The highest BCUT2D eigenvalue weighted by Crippen LogP contribution is 2.25. The van der Waals surface area contributed by atoms with Crippen molar-refractivity contribution in [1.29, 1.82) is 0 Å². The first-order valence-corrected chi connectivity index (χ1v) is 5.49. The van der Waals surface area contributed by atoms with Gasteiger partial charge in [-0.1, -0.05) is 6.07 Å². The second-order valence-electron chi connectivity index (χ2n) is 3.60. The Labute approximate surface area is 105 Å². The number of amides is 1. The molecule has 1 aromatic rings. The number of rotatable bonds is 5. The van der Waals surface area contributed by atoms with Crippen LogP contribution in [0.1, 0.15) is 24.2 Å². The Bertz CT molecular complexity index is 459. The van der Waals surface area contributed by atoms with Crippen LogP contribution in [-0.2, 0) is 9.53 Å². The first kappa shape index (κ1) is 13.8. The van der Waals surface area contributed by atoms with E-state index in [9.17, 15) is 9.59 Å². The van der Waals surface area contributed by atoms with Crippen molar-refractivity contribution in [3.05, 3.63) is 23.8 Å². The van der Waals surface area contributed by atoms with Crippen molar-refractivity contribution >= 4 is 17.6 Å². The molecule has 6 heteroatoms. The van der Waals surface area contributed by atoms with E-state index in [1.165, 1.54) is 6.92 Å². The molecule has 1 rings (SSSR count). The van der Waals surface area contributed by atoms with E-state index < -0.39 is 18.0 Å². The van der Waals surface area contributed by atoms with Crippen LogP contribution in [-0.4, -0.2) is 24.6 Å². The van der Waals surface area contributed by atoms with Crippen molar-refractivity contribution in [2.24, 2.45) is 5.73 Å². The molecule has 0 bridgehead atoms. The number of hydrogen-bond donors (Lipinski definition) is 2. The highest BCUT2D eigenvalue weighted by molar-refractivity contribution is 5.99. The molecule has 0 aliphatic heterocycles. The van der Waals surface area contributed by atoms with Crippen molar-refractivity contribution in [1.82, 2.24) is 0 Å². The van der Waals surface area contributed by atoms with Crippen LogP contribution in [0, 0.1) is 0 Å². The third kappa shape index (κ3) is 3.13. The average Bonchev–Trinajstić information content (AvgIpc) is 2.29. The lowest BCUT2D eigenvalue weighted by atomic mass is 10.1. The number of primary amides is 1. The molecule has 6 nitrogen and oxygen atoms in total. The largest absolute Gasteiger partial charge is 0.493 e. The molecule has 0 aliphatic rings. The molecule has 0 spiro atoms. The summed E-state index contributed by atoms with van der Waals surface area (Å²) in [6.07, 6.45) is -1.02. The number of ether oxygens (including phenoxy) is 2. The van der Waals surface area contributed by atoms with E-state index >= 15 is 0 Å². The zero-order chi connectivity index (χ0) is 13.7.